The Kier molecular flexibility index (Phi) is 6.05. The van der Waals surface area contributed by atoms with Crippen LogP contribution in [-0.4, -0.2) is 11.9 Å². The molecule has 0 saturated heterocycles. The van der Waals surface area contributed by atoms with E-state index < -0.39 is 0 Å². The fraction of sp³-hybridized carbons (Fsp3) is 0.727. The maximum atomic E-state index is 11.5. The van der Waals surface area contributed by atoms with Crippen LogP contribution in [0.1, 0.15) is 40.0 Å². The van der Waals surface area contributed by atoms with Gasteiger partial charge in [-0.25, -0.2) is 0 Å². The normalized spacial score (nSPS) is 14.3. The highest BCUT2D eigenvalue weighted by molar-refractivity contribution is 5.78. The molecule has 0 aromatic heterocycles. The molecule has 0 aromatic carbocycles. The van der Waals surface area contributed by atoms with Crippen LogP contribution in [0, 0.1) is 18.3 Å². The lowest BCUT2D eigenvalue weighted by Gasteiger charge is -2.14. The van der Waals surface area contributed by atoms with Crippen LogP contribution >= 0.6 is 0 Å². The quantitative estimate of drug-likeness (QED) is 0.645. The van der Waals surface area contributed by atoms with E-state index in [-0.39, 0.29) is 17.9 Å². The van der Waals surface area contributed by atoms with Crippen molar-refractivity contribution < 1.29 is 4.79 Å². The van der Waals surface area contributed by atoms with E-state index in [0.717, 1.165) is 19.3 Å². The molecule has 0 aliphatic heterocycles. The summed E-state index contributed by atoms with van der Waals surface area (Å²) < 4.78 is 0. The third-order valence-corrected chi connectivity index (χ3v) is 2.10. The fourth-order valence-electron chi connectivity index (χ4n) is 1.14. The molecule has 0 heterocycles. The number of nitrogens with one attached hydrogen (secondary N) is 1. The van der Waals surface area contributed by atoms with Crippen LogP contribution in [0.5, 0.6) is 0 Å². The van der Waals surface area contributed by atoms with Gasteiger partial charge in [0.2, 0.25) is 5.91 Å². The third-order valence-electron chi connectivity index (χ3n) is 2.10. The van der Waals surface area contributed by atoms with E-state index in [1.54, 1.807) is 0 Å². The lowest BCUT2D eigenvalue weighted by atomic mass is 10.0. The molecular weight excluding hydrogens is 162 g/mol. The molecule has 0 aliphatic rings. The highest BCUT2D eigenvalue weighted by Crippen LogP contribution is 2.05. The fourth-order valence-corrected chi connectivity index (χ4v) is 1.14. The first-order valence-electron chi connectivity index (χ1n) is 4.92. The minimum atomic E-state index is -0.105. The smallest absolute Gasteiger partial charge is 0.223 e. The Bertz CT molecular complexity index is 193. The number of carbonyl (C=O) groups excluding carboxylic acids is 1. The summed E-state index contributed by atoms with van der Waals surface area (Å²) >= 11 is 0. The number of hydrogen-bond acceptors (Lipinski definition) is 1. The minimum absolute atomic E-state index is 0.0756. The number of terminal acetylenes is 1. The van der Waals surface area contributed by atoms with E-state index >= 15 is 0 Å². The summed E-state index contributed by atoms with van der Waals surface area (Å²) in [6, 6.07) is -0.105. The van der Waals surface area contributed by atoms with Crippen molar-refractivity contribution in [3.05, 3.63) is 0 Å². The first kappa shape index (κ1) is 12.0. The molecule has 0 saturated carbocycles. The van der Waals surface area contributed by atoms with Crippen molar-refractivity contribution in [3.63, 3.8) is 0 Å². The first-order chi connectivity index (χ1) is 6.15. The summed E-state index contributed by atoms with van der Waals surface area (Å²) in [5, 5.41) is 2.83. The van der Waals surface area contributed by atoms with Crippen LogP contribution in [0.2, 0.25) is 0 Å². The molecule has 0 bridgehead atoms. The third kappa shape index (κ3) is 4.57. The van der Waals surface area contributed by atoms with Crippen molar-refractivity contribution in [2.75, 3.05) is 0 Å². The molecule has 0 radical (unpaired) electrons. The predicted octanol–water partition coefficient (Wildman–Crippen LogP) is 1.95. The summed E-state index contributed by atoms with van der Waals surface area (Å²) in [4.78, 5) is 11.5. The molecule has 0 aliphatic carbocycles. The molecule has 2 atom stereocenters. The van der Waals surface area contributed by atoms with E-state index in [4.69, 9.17) is 6.42 Å². The van der Waals surface area contributed by atoms with E-state index in [9.17, 15) is 4.79 Å². The van der Waals surface area contributed by atoms with E-state index in [0.29, 0.717) is 0 Å². The van der Waals surface area contributed by atoms with Gasteiger partial charge in [0.1, 0.15) is 0 Å². The standard InChI is InChI=1S/C11H19NO/c1-5-8-9(4)11(13)12-10(6-2)7-3/h2,9-10H,5,7-8H2,1,3-4H3,(H,12,13). The molecule has 74 valence electrons. The van der Waals surface area contributed by atoms with Gasteiger partial charge in [-0.15, -0.1) is 6.42 Å². The van der Waals surface area contributed by atoms with Gasteiger partial charge in [0.05, 0.1) is 6.04 Å². The average Bonchev–Trinajstić information content (AvgIpc) is 2.14. The average molecular weight is 181 g/mol. The van der Waals surface area contributed by atoms with Gasteiger partial charge in [-0.05, 0) is 12.8 Å². The van der Waals surface area contributed by atoms with Crippen LogP contribution in [0.25, 0.3) is 0 Å². The van der Waals surface area contributed by atoms with Crippen LogP contribution in [0.15, 0.2) is 0 Å². The Morgan fingerprint density at radius 1 is 1.54 bits per heavy atom. The van der Waals surface area contributed by atoms with Crippen LogP contribution < -0.4 is 5.32 Å². The van der Waals surface area contributed by atoms with Crippen LogP contribution in [0.4, 0.5) is 0 Å². The number of amides is 1. The largest absolute Gasteiger partial charge is 0.342 e. The maximum Gasteiger partial charge on any atom is 0.223 e. The van der Waals surface area contributed by atoms with Crippen molar-refractivity contribution in [2.45, 2.75) is 46.1 Å². The molecule has 2 nitrogen and oxygen atoms in total. The van der Waals surface area contributed by atoms with Crippen molar-refractivity contribution in [2.24, 2.45) is 5.92 Å². The second-order valence-electron chi connectivity index (χ2n) is 3.33. The number of carbonyl (C=O) groups is 1. The second kappa shape index (κ2) is 6.54. The number of hydrogen-bond donors (Lipinski definition) is 1. The molecule has 1 N–H and O–H groups in total. The Hall–Kier alpha value is -0.970. The van der Waals surface area contributed by atoms with Gasteiger partial charge in [-0.3, -0.25) is 4.79 Å². The Labute approximate surface area is 81.1 Å². The minimum Gasteiger partial charge on any atom is -0.342 e. The van der Waals surface area contributed by atoms with Gasteiger partial charge in [0.25, 0.3) is 0 Å². The Morgan fingerprint density at radius 2 is 2.15 bits per heavy atom. The van der Waals surface area contributed by atoms with Gasteiger partial charge >= 0.3 is 0 Å². The SMILES string of the molecule is C#CC(CC)NC(=O)C(C)CCC. The predicted molar refractivity (Wildman–Crippen MR) is 55.1 cm³/mol. The zero-order valence-electron chi connectivity index (χ0n) is 8.76. The van der Waals surface area contributed by atoms with E-state index in [1.165, 1.54) is 0 Å². The van der Waals surface area contributed by atoms with Gasteiger partial charge < -0.3 is 5.32 Å². The summed E-state index contributed by atoms with van der Waals surface area (Å²) in [5.41, 5.74) is 0. The maximum absolute atomic E-state index is 11.5. The Morgan fingerprint density at radius 3 is 2.54 bits per heavy atom. The zero-order chi connectivity index (χ0) is 10.3. The molecule has 1 amide bonds. The van der Waals surface area contributed by atoms with Crippen molar-refractivity contribution >= 4 is 5.91 Å². The lowest BCUT2D eigenvalue weighted by Crippen LogP contribution is -2.36. The molecule has 2 unspecified atom stereocenters. The summed E-state index contributed by atoms with van der Waals surface area (Å²) in [5.74, 6) is 2.70. The molecule has 0 spiro atoms. The van der Waals surface area contributed by atoms with Gasteiger partial charge in [-0.1, -0.05) is 33.1 Å². The van der Waals surface area contributed by atoms with E-state index in [2.05, 4.69) is 18.2 Å². The molecular formula is C11H19NO. The molecule has 0 rings (SSSR count). The van der Waals surface area contributed by atoms with Crippen molar-refractivity contribution in [3.8, 4) is 12.3 Å². The molecule has 0 aromatic rings. The van der Waals surface area contributed by atoms with Crippen molar-refractivity contribution in [1.82, 2.24) is 5.32 Å². The highest BCUT2D eigenvalue weighted by atomic mass is 16.1. The molecule has 2 heteroatoms. The second-order valence-corrected chi connectivity index (χ2v) is 3.33. The first-order valence-corrected chi connectivity index (χ1v) is 4.92. The summed E-state index contributed by atoms with van der Waals surface area (Å²) in [7, 11) is 0. The van der Waals surface area contributed by atoms with Crippen LogP contribution in [0.3, 0.4) is 0 Å². The zero-order valence-corrected chi connectivity index (χ0v) is 8.76. The molecule has 0 fully saturated rings. The Balaban J connectivity index is 3.92. The summed E-state index contributed by atoms with van der Waals surface area (Å²) in [6.07, 6.45) is 7.99. The van der Waals surface area contributed by atoms with Crippen LogP contribution in [-0.2, 0) is 4.79 Å². The lowest BCUT2D eigenvalue weighted by molar-refractivity contribution is -0.125. The van der Waals surface area contributed by atoms with Gasteiger partial charge in [0.15, 0.2) is 0 Å². The monoisotopic (exact) mass is 181 g/mol. The highest BCUT2D eigenvalue weighted by Gasteiger charge is 2.13. The topological polar surface area (TPSA) is 29.1 Å². The van der Waals surface area contributed by atoms with Gasteiger partial charge in [0, 0.05) is 5.92 Å². The van der Waals surface area contributed by atoms with Crippen molar-refractivity contribution in [1.29, 1.82) is 0 Å². The number of rotatable bonds is 5. The molecule has 13 heavy (non-hydrogen) atoms. The van der Waals surface area contributed by atoms with E-state index in [1.807, 2.05) is 13.8 Å². The van der Waals surface area contributed by atoms with Gasteiger partial charge in [-0.2, -0.15) is 0 Å². The summed E-state index contributed by atoms with van der Waals surface area (Å²) in [6.45, 7) is 5.97.